The Morgan fingerprint density at radius 2 is 2.14 bits per heavy atom. The number of rotatable bonds is 5. The molecule has 1 N–H and O–H groups in total. The Labute approximate surface area is 132 Å². The molecule has 0 aliphatic carbocycles. The van der Waals surface area contributed by atoms with Crippen LogP contribution in [0.25, 0.3) is 0 Å². The van der Waals surface area contributed by atoms with Gasteiger partial charge in [0.05, 0.1) is 10.7 Å². The molecular formula is C13H16N2O3S3. The van der Waals surface area contributed by atoms with Crippen molar-refractivity contribution < 1.29 is 13.2 Å². The highest BCUT2D eigenvalue weighted by Crippen LogP contribution is 2.23. The van der Waals surface area contributed by atoms with E-state index in [9.17, 15) is 13.2 Å². The van der Waals surface area contributed by atoms with E-state index in [1.807, 2.05) is 17.5 Å². The first-order valence-electron chi connectivity index (χ1n) is 6.32. The second kappa shape index (κ2) is 6.25. The van der Waals surface area contributed by atoms with Gasteiger partial charge in [-0.25, -0.2) is 18.1 Å². The van der Waals surface area contributed by atoms with E-state index in [0.717, 1.165) is 16.2 Å². The minimum atomic E-state index is -3.83. The minimum absolute atomic E-state index is 0.108. The summed E-state index contributed by atoms with van der Waals surface area (Å²) in [5, 5.41) is 2.59. The van der Waals surface area contributed by atoms with Crippen LogP contribution in [0.3, 0.4) is 0 Å². The Balaban J connectivity index is 2.09. The monoisotopic (exact) mass is 344 g/mol. The zero-order valence-corrected chi connectivity index (χ0v) is 14.4. The number of nitrogens with one attached hydrogen (secondary N) is 1. The van der Waals surface area contributed by atoms with Crippen molar-refractivity contribution in [1.29, 1.82) is 0 Å². The number of thiazole rings is 1. The maximum absolute atomic E-state index is 12.2. The van der Waals surface area contributed by atoms with Crippen molar-refractivity contribution in [1.82, 2.24) is 9.71 Å². The van der Waals surface area contributed by atoms with Crippen molar-refractivity contribution in [2.24, 2.45) is 5.92 Å². The maximum Gasteiger partial charge on any atom is 0.275 e. The van der Waals surface area contributed by atoms with E-state index in [1.54, 1.807) is 32.1 Å². The van der Waals surface area contributed by atoms with Gasteiger partial charge in [0.2, 0.25) is 5.91 Å². The average molecular weight is 344 g/mol. The van der Waals surface area contributed by atoms with Crippen molar-refractivity contribution in [3.63, 3.8) is 0 Å². The largest absolute Gasteiger partial charge is 0.275 e. The van der Waals surface area contributed by atoms with Gasteiger partial charge in [0.15, 0.2) is 4.21 Å². The molecule has 0 aliphatic rings. The molecular weight excluding hydrogens is 328 g/mol. The molecule has 1 atom stereocenters. The molecule has 2 rings (SSSR count). The Morgan fingerprint density at radius 3 is 2.67 bits per heavy atom. The standard InChI is InChI=1S/C13H16N2O3S3/c1-8(7-11-5-4-6-19-11)12(16)15-21(17,18)13-9(2)14-10(3)20-13/h4-6,8H,7H2,1-3H3,(H,15,16)/t8-/m0/s1. The quantitative estimate of drug-likeness (QED) is 0.904. The lowest BCUT2D eigenvalue weighted by molar-refractivity contribution is -0.122. The molecule has 0 saturated carbocycles. The number of hydrogen-bond donors (Lipinski definition) is 1. The molecule has 114 valence electrons. The number of carbonyl (C=O) groups is 1. The summed E-state index contributed by atoms with van der Waals surface area (Å²) in [7, 11) is -3.83. The van der Waals surface area contributed by atoms with E-state index < -0.39 is 21.8 Å². The van der Waals surface area contributed by atoms with Crippen molar-refractivity contribution in [3.05, 3.63) is 33.1 Å². The molecule has 0 aliphatic heterocycles. The first-order chi connectivity index (χ1) is 9.79. The van der Waals surface area contributed by atoms with Crippen molar-refractivity contribution in [2.75, 3.05) is 0 Å². The highest BCUT2D eigenvalue weighted by atomic mass is 32.2. The maximum atomic E-state index is 12.2. The highest BCUT2D eigenvalue weighted by Gasteiger charge is 2.25. The summed E-state index contributed by atoms with van der Waals surface area (Å²) in [6.07, 6.45) is 0.528. The van der Waals surface area contributed by atoms with Gasteiger partial charge in [-0.05, 0) is 31.7 Å². The summed E-state index contributed by atoms with van der Waals surface area (Å²) < 4.78 is 26.7. The number of sulfonamides is 1. The smallest absolute Gasteiger partial charge is 0.274 e. The van der Waals surface area contributed by atoms with Crippen LogP contribution in [0.15, 0.2) is 21.7 Å². The van der Waals surface area contributed by atoms with Crippen molar-refractivity contribution >= 4 is 38.6 Å². The van der Waals surface area contributed by atoms with Gasteiger partial charge in [0, 0.05) is 10.8 Å². The van der Waals surface area contributed by atoms with Gasteiger partial charge < -0.3 is 0 Å². The fourth-order valence-corrected chi connectivity index (χ4v) is 5.26. The zero-order chi connectivity index (χ0) is 15.6. The number of thiophene rings is 1. The summed E-state index contributed by atoms with van der Waals surface area (Å²) in [5.41, 5.74) is 0.420. The van der Waals surface area contributed by atoms with Crippen LogP contribution in [0.2, 0.25) is 0 Å². The van der Waals surface area contributed by atoms with Crippen molar-refractivity contribution in [3.8, 4) is 0 Å². The second-order valence-electron chi connectivity index (χ2n) is 4.76. The van der Waals surface area contributed by atoms with Crippen LogP contribution in [-0.2, 0) is 21.2 Å². The number of nitrogens with zero attached hydrogens (tertiary/aromatic N) is 1. The van der Waals surface area contributed by atoms with Gasteiger partial charge in [-0.3, -0.25) is 4.79 Å². The van der Waals surface area contributed by atoms with Crippen LogP contribution < -0.4 is 4.72 Å². The Morgan fingerprint density at radius 1 is 1.43 bits per heavy atom. The molecule has 5 nitrogen and oxygen atoms in total. The molecule has 2 aromatic rings. The molecule has 0 radical (unpaired) electrons. The summed E-state index contributed by atoms with van der Waals surface area (Å²) in [4.78, 5) is 17.2. The van der Waals surface area contributed by atoms with Gasteiger partial charge in [-0.15, -0.1) is 22.7 Å². The van der Waals surface area contributed by atoms with Crippen LogP contribution in [0.5, 0.6) is 0 Å². The molecule has 0 unspecified atom stereocenters. The molecule has 1 amide bonds. The van der Waals surface area contributed by atoms with Gasteiger partial charge in [-0.1, -0.05) is 13.0 Å². The first kappa shape index (κ1) is 16.1. The molecule has 2 aromatic heterocycles. The third-order valence-electron chi connectivity index (χ3n) is 2.88. The van der Waals surface area contributed by atoms with Crippen molar-refractivity contribution in [2.45, 2.75) is 31.4 Å². The topological polar surface area (TPSA) is 76.1 Å². The number of amides is 1. The fourth-order valence-electron chi connectivity index (χ4n) is 1.86. The van der Waals surface area contributed by atoms with E-state index in [-0.39, 0.29) is 4.21 Å². The predicted molar refractivity (Wildman–Crippen MR) is 84.1 cm³/mol. The molecule has 0 aromatic carbocycles. The molecule has 0 spiro atoms. The van der Waals surface area contributed by atoms with Crippen LogP contribution in [0.4, 0.5) is 0 Å². The Bertz CT molecular complexity index is 733. The third-order valence-corrected chi connectivity index (χ3v) is 6.80. The highest BCUT2D eigenvalue weighted by molar-refractivity contribution is 7.92. The minimum Gasteiger partial charge on any atom is -0.274 e. The number of hydrogen-bond acceptors (Lipinski definition) is 6. The summed E-state index contributed by atoms with van der Waals surface area (Å²) in [6, 6.07) is 3.84. The van der Waals surface area contributed by atoms with Crippen LogP contribution in [-0.4, -0.2) is 19.3 Å². The normalized spacial score (nSPS) is 13.1. The van der Waals surface area contributed by atoms with E-state index in [2.05, 4.69) is 9.71 Å². The lowest BCUT2D eigenvalue weighted by Gasteiger charge is -2.11. The molecule has 2 heterocycles. The Kier molecular flexibility index (Phi) is 4.80. The SMILES string of the molecule is Cc1nc(C)c(S(=O)(=O)NC(=O)[C@@H](C)Cc2cccs2)s1. The van der Waals surface area contributed by atoms with E-state index >= 15 is 0 Å². The van der Waals surface area contributed by atoms with Crippen LogP contribution in [0, 0.1) is 19.8 Å². The van der Waals surface area contributed by atoms with E-state index in [4.69, 9.17) is 0 Å². The summed E-state index contributed by atoms with van der Waals surface area (Å²) in [5.74, 6) is -0.901. The fraction of sp³-hybridized carbons (Fsp3) is 0.385. The second-order valence-corrected chi connectivity index (χ2v) is 8.87. The predicted octanol–water partition coefficient (Wildman–Crippen LogP) is 2.51. The van der Waals surface area contributed by atoms with E-state index in [1.165, 1.54) is 0 Å². The van der Waals surface area contributed by atoms with Crippen LogP contribution >= 0.6 is 22.7 Å². The number of aromatic nitrogens is 1. The zero-order valence-electron chi connectivity index (χ0n) is 11.9. The molecule has 0 bridgehead atoms. The average Bonchev–Trinajstić information content (AvgIpc) is 2.98. The van der Waals surface area contributed by atoms with Gasteiger partial charge in [0.1, 0.15) is 0 Å². The van der Waals surface area contributed by atoms with E-state index in [0.29, 0.717) is 17.1 Å². The lowest BCUT2D eigenvalue weighted by atomic mass is 10.1. The number of aryl methyl sites for hydroxylation is 2. The number of carbonyl (C=O) groups excluding carboxylic acids is 1. The first-order valence-corrected chi connectivity index (χ1v) is 9.50. The molecule has 8 heteroatoms. The van der Waals surface area contributed by atoms with Crippen LogP contribution in [0.1, 0.15) is 22.5 Å². The lowest BCUT2D eigenvalue weighted by Crippen LogP contribution is -2.35. The van der Waals surface area contributed by atoms with Gasteiger partial charge >= 0.3 is 0 Å². The third kappa shape index (κ3) is 3.90. The summed E-state index contributed by atoms with van der Waals surface area (Å²) >= 11 is 2.62. The van der Waals surface area contributed by atoms with Gasteiger partial charge in [-0.2, -0.15) is 0 Å². The molecule has 21 heavy (non-hydrogen) atoms. The van der Waals surface area contributed by atoms with Gasteiger partial charge in [0.25, 0.3) is 10.0 Å². The molecule has 0 fully saturated rings. The summed E-state index contributed by atoms with van der Waals surface area (Å²) in [6.45, 7) is 5.07. The molecule has 0 saturated heterocycles. The Hall–Kier alpha value is -1.25.